The molecular weight excluding hydrogens is 378 g/mol. The van der Waals surface area contributed by atoms with Crippen molar-refractivity contribution in [3.63, 3.8) is 0 Å². The molecule has 0 saturated carbocycles. The van der Waals surface area contributed by atoms with Gasteiger partial charge in [0.15, 0.2) is 5.96 Å². The summed E-state index contributed by atoms with van der Waals surface area (Å²) in [6, 6.07) is 8.69. The van der Waals surface area contributed by atoms with E-state index in [-0.39, 0.29) is 5.92 Å². The molecule has 4 rings (SSSR count). The topological polar surface area (TPSA) is 60.4 Å². The van der Waals surface area contributed by atoms with Crippen LogP contribution in [-0.4, -0.2) is 81.2 Å². The van der Waals surface area contributed by atoms with Gasteiger partial charge in [0.2, 0.25) is 5.91 Å². The molecule has 0 aliphatic carbocycles. The van der Waals surface area contributed by atoms with Crippen molar-refractivity contribution in [2.24, 2.45) is 10.9 Å². The zero-order valence-corrected chi connectivity index (χ0v) is 17.9. The molecule has 0 radical (unpaired) electrons. The number of hydrogen-bond acceptors (Lipinski definition) is 4. The van der Waals surface area contributed by atoms with Crippen LogP contribution in [0.25, 0.3) is 0 Å². The molecule has 2 saturated heterocycles. The summed E-state index contributed by atoms with van der Waals surface area (Å²) in [6.07, 6.45) is 6.18. The summed E-state index contributed by atoms with van der Waals surface area (Å²) in [5.41, 5.74) is 2.51. The fourth-order valence-corrected chi connectivity index (χ4v) is 4.45. The molecule has 1 N–H and O–H groups in total. The summed E-state index contributed by atoms with van der Waals surface area (Å²) in [6.45, 7) is 7.22. The first-order chi connectivity index (χ1) is 14.7. The van der Waals surface area contributed by atoms with Crippen LogP contribution in [0.2, 0.25) is 0 Å². The van der Waals surface area contributed by atoms with Gasteiger partial charge in [0.1, 0.15) is 0 Å². The van der Waals surface area contributed by atoms with Crippen molar-refractivity contribution in [1.29, 1.82) is 0 Å². The van der Waals surface area contributed by atoms with Gasteiger partial charge in [-0.1, -0.05) is 24.3 Å². The Morgan fingerprint density at radius 2 is 1.83 bits per heavy atom. The lowest BCUT2D eigenvalue weighted by molar-refractivity contribution is -0.140. The number of ether oxygens (including phenoxy) is 1. The molecule has 0 atom stereocenters. The van der Waals surface area contributed by atoms with E-state index in [0.717, 1.165) is 64.6 Å². The first-order valence-corrected chi connectivity index (χ1v) is 11.1. The quantitative estimate of drug-likeness (QED) is 0.464. The zero-order valence-electron chi connectivity index (χ0n) is 17.9. The van der Waals surface area contributed by atoms with Crippen LogP contribution >= 0.6 is 0 Å². The number of piperidine rings is 1. The predicted molar refractivity (Wildman–Crippen MR) is 120 cm³/mol. The summed E-state index contributed by atoms with van der Waals surface area (Å²) in [4.78, 5) is 23.8. The lowest BCUT2D eigenvalue weighted by atomic mass is 9.95. The number of benzene rings is 1. The Morgan fingerprint density at radius 3 is 2.53 bits per heavy atom. The molecule has 0 aromatic heterocycles. The van der Waals surface area contributed by atoms with E-state index in [2.05, 4.69) is 56.5 Å². The summed E-state index contributed by atoms with van der Waals surface area (Å²) in [5, 5.41) is 3.51. The highest BCUT2D eigenvalue weighted by Crippen LogP contribution is 2.21. The zero-order chi connectivity index (χ0) is 20.8. The second kappa shape index (κ2) is 9.98. The van der Waals surface area contributed by atoms with Gasteiger partial charge in [-0.25, -0.2) is 0 Å². The largest absolute Gasteiger partial charge is 0.378 e. The number of nitrogens with one attached hydrogen (secondary N) is 1. The van der Waals surface area contributed by atoms with E-state index in [1.54, 1.807) is 0 Å². The molecule has 3 aliphatic rings. The molecule has 3 aliphatic heterocycles. The third-order valence-electron chi connectivity index (χ3n) is 6.22. The number of carbonyl (C=O) groups is 1. The molecule has 2 fully saturated rings. The van der Waals surface area contributed by atoms with Crippen molar-refractivity contribution in [2.75, 3.05) is 64.4 Å². The summed E-state index contributed by atoms with van der Waals surface area (Å²) in [5.74, 6) is 1.35. The monoisotopic (exact) mass is 411 g/mol. The van der Waals surface area contributed by atoms with Crippen molar-refractivity contribution in [2.45, 2.75) is 19.4 Å². The lowest BCUT2D eigenvalue weighted by Crippen LogP contribution is -2.49. The Bertz CT molecular complexity index is 772. The van der Waals surface area contributed by atoms with Crippen LogP contribution in [0.15, 0.2) is 41.4 Å². The molecule has 30 heavy (non-hydrogen) atoms. The lowest BCUT2D eigenvalue weighted by Gasteiger charge is -2.36. The van der Waals surface area contributed by atoms with Gasteiger partial charge in [0, 0.05) is 64.5 Å². The van der Waals surface area contributed by atoms with Gasteiger partial charge in [0.05, 0.1) is 13.2 Å². The molecular formula is C23H33N5O2. The van der Waals surface area contributed by atoms with Crippen LogP contribution in [0.5, 0.6) is 0 Å². The van der Waals surface area contributed by atoms with Gasteiger partial charge >= 0.3 is 0 Å². The Hall–Kier alpha value is -2.54. The minimum Gasteiger partial charge on any atom is -0.378 e. The second-order valence-electron chi connectivity index (χ2n) is 8.15. The van der Waals surface area contributed by atoms with Crippen molar-refractivity contribution in [3.05, 3.63) is 42.0 Å². The van der Waals surface area contributed by atoms with Gasteiger partial charge in [-0.05, 0) is 30.5 Å². The van der Waals surface area contributed by atoms with Crippen molar-refractivity contribution in [1.82, 2.24) is 15.1 Å². The first-order valence-electron chi connectivity index (χ1n) is 11.1. The number of guanidine groups is 1. The smallest absolute Gasteiger partial charge is 0.225 e. The van der Waals surface area contributed by atoms with Crippen LogP contribution in [0.1, 0.15) is 18.4 Å². The Labute approximate surface area is 179 Å². The number of amides is 1. The van der Waals surface area contributed by atoms with E-state index in [0.29, 0.717) is 19.1 Å². The predicted octanol–water partition coefficient (Wildman–Crippen LogP) is 1.71. The van der Waals surface area contributed by atoms with Crippen molar-refractivity contribution < 1.29 is 9.53 Å². The average Bonchev–Trinajstić information content (AvgIpc) is 3.35. The highest BCUT2D eigenvalue weighted by atomic mass is 16.5. The molecule has 0 bridgehead atoms. The molecule has 3 heterocycles. The van der Waals surface area contributed by atoms with Crippen LogP contribution < -0.4 is 10.2 Å². The number of hydrogen-bond donors (Lipinski definition) is 1. The maximum absolute atomic E-state index is 12.7. The maximum Gasteiger partial charge on any atom is 0.225 e. The van der Waals surface area contributed by atoms with Gasteiger partial charge < -0.3 is 24.8 Å². The highest BCUT2D eigenvalue weighted by molar-refractivity contribution is 5.81. The molecule has 0 unspecified atom stereocenters. The number of anilines is 1. The highest BCUT2D eigenvalue weighted by Gasteiger charge is 2.30. The van der Waals surface area contributed by atoms with Crippen LogP contribution in [0.4, 0.5) is 5.69 Å². The van der Waals surface area contributed by atoms with Crippen LogP contribution in [0, 0.1) is 5.92 Å². The van der Waals surface area contributed by atoms with Crippen LogP contribution in [-0.2, 0) is 16.1 Å². The number of morpholine rings is 1. The summed E-state index contributed by atoms with van der Waals surface area (Å²) >= 11 is 0. The van der Waals surface area contributed by atoms with Gasteiger partial charge in [-0.2, -0.15) is 0 Å². The molecule has 7 nitrogen and oxygen atoms in total. The van der Waals surface area contributed by atoms with Gasteiger partial charge in [0.25, 0.3) is 0 Å². The molecule has 162 valence electrons. The minimum absolute atomic E-state index is 0.128. The first kappa shape index (κ1) is 20.7. The maximum atomic E-state index is 12.7. The Kier molecular flexibility index (Phi) is 6.89. The number of nitrogens with zero attached hydrogens (tertiary/aromatic N) is 4. The average molecular weight is 412 g/mol. The fourth-order valence-electron chi connectivity index (χ4n) is 4.45. The molecule has 1 aromatic carbocycles. The number of rotatable bonds is 4. The van der Waals surface area contributed by atoms with Gasteiger partial charge in [-0.3, -0.25) is 9.79 Å². The normalized spacial score (nSPS) is 20.7. The molecule has 1 aromatic rings. The molecule has 7 heteroatoms. The third kappa shape index (κ3) is 4.95. The Balaban J connectivity index is 1.27. The van der Waals surface area contributed by atoms with Crippen molar-refractivity contribution in [3.8, 4) is 0 Å². The van der Waals surface area contributed by atoms with Crippen LogP contribution in [0.3, 0.4) is 0 Å². The molecule has 1 amide bonds. The van der Waals surface area contributed by atoms with E-state index in [1.807, 2.05) is 11.9 Å². The van der Waals surface area contributed by atoms with E-state index < -0.39 is 0 Å². The summed E-state index contributed by atoms with van der Waals surface area (Å²) in [7, 11) is 1.83. The standard InChI is InChI=1S/C23H33N5O2/c1-24-23(25-18-19-5-4-6-21(17-19)26-9-2-3-10-26)28-11-7-20(8-12-28)22(29)27-13-15-30-16-14-27/h2-6,17,20H,7-16,18H2,1H3,(H,24,25). The number of carbonyl (C=O) groups excluding carboxylic acids is 1. The summed E-state index contributed by atoms with van der Waals surface area (Å²) < 4.78 is 5.37. The second-order valence-corrected chi connectivity index (χ2v) is 8.15. The van der Waals surface area contributed by atoms with E-state index in [9.17, 15) is 4.79 Å². The molecule has 0 spiro atoms. The third-order valence-corrected chi connectivity index (χ3v) is 6.22. The van der Waals surface area contributed by atoms with E-state index in [4.69, 9.17) is 4.74 Å². The fraction of sp³-hybridized carbons (Fsp3) is 0.565. The van der Waals surface area contributed by atoms with E-state index in [1.165, 1.54) is 11.3 Å². The van der Waals surface area contributed by atoms with E-state index >= 15 is 0 Å². The number of likely N-dealkylation sites (tertiary alicyclic amines) is 1. The SMILES string of the molecule is CN=C(NCc1cccc(N2CC=CC2)c1)N1CCC(C(=O)N2CCOCC2)CC1. The Morgan fingerprint density at radius 1 is 1.10 bits per heavy atom. The minimum atomic E-state index is 0.128. The van der Waals surface area contributed by atoms with Gasteiger partial charge in [-0.15, -0.1) is 0 Å². The number of aliphatic imine (C=N–C) groups is 1. The van der Waals surface area contributed by atoms with Crippen molar-refractivity contribution >= 4 is 17.6 Å².